The minimum absolute atomic E-state index is 0.398. The molecule has 0 aliphatic heterocycles. The highest BCUT2D eigenvalue weighted by Crippen LogP contribution is 2.12. The zero-order valence-corrected chi connectivity index (χ0v) is 9.02. The molecule has 0 amide bonds. The molecule has 0 heterocycles. The number of nitroso groups, excluding NO2 is 1. The highest BCUT2D eigenvalue weighted by atomic mass is 16.3. The number of para-hydroxylation sites is 1. The molecule has 15 heavy (non-hydrogen) atoms. The molecule has 80 valence electrons. The normalized spacial score (nSPS) is 11.4. The summed E-state index contributed by atoms with van der Waals surface area (Å²) in [5.41, 5.74) is 0.795. The first-order valence-corrected chi connectivity index (χ1v) is 5.32. The van der Waals surface area contributed by atoms with E-state index in [1.54, 1.807) is 0 Å². The van der Waals surface area contributed by atoms with E-state index in [4.69, 9.17) is 0 Å². The summed E-state index contributed by atoms with van der Waals surface area (Å²) in [5.74, 6) is 0.398. The number of benzene rings is 1. The van der Waals surface area contributed by atoms with Gasteiger partial charge in [0, 0.05) is 6.42 Å². The maximum atomic E-state index is 10.5. The predicted octanol–water partition coefficient (Wildman–Crippen LogP) is 4.06. The van der Waals surface area contributed by atoms with Gasteiger partial charge in [-0.05, 0) is 23.7 Å². The molecule has 0 aliphatic carbocycles. The average molecular weight is 204 g/mol. The lowest BCUT2D eigenvalue weighted by molar-refractivity contribution is 0.740. The van der Waals surface area contributed by atoms with E-state index in [1.807, 2.05) is 30.3 Å². The van der Waals surface area contributed by atoms with Crippen molar-refractivity contribution in [1.29, 1.82) is 0 Å². The van der Waals surface area contributed by atoms with Crippen molar-refractivity contribution in [2.24, 2.45) is 10.2 Å². The number of nitrogens with zero attached hydrogens (tertiary/aromatic N) is 2. The van der Waals surface area contributed by atoms with Crippen LogP contribution in [0, 0.1) is 4.91 Å². The lowest BCUT2D eigenvalue weighted by Crippen LogP contribution is -1.92. The molecule has 0 unspecified atom stereocenters. The molecule has 0 saturated carbocycles. The van der Waals surface area contributed by atoms with Crippen LogP contribution in [0.15, 0.2) is 40.5 Å². The van der Waals surface area contributed by atoms with Crippen LogP contribution in [0.5, 0.6) is 0 Å². The van der Waals surface area contributed by atoms with Crippen LogP contribution in [0.3, 0.4) is 0 Å². The summed E-state index contributed by atoms with van der Waals surface area (Å²) in [5, 5.41) is 2.96. The summed E-state index contributed by atoms with van der Waals surface area (Å²) in [4.78, 5) is 14.7. The Labute approximate surface area is 90.2 Å². The first kappa shape index (κ1) is 11.6. The lowest BCUT2D eigenvalue weighted by Gasteiger charge is -1.97. The highest BCUT2D eigenvalue weighted by molar-refractivity contribution is 5.85. The minimum atomic E-state index is 0.398. The summed E-state index contributed by atoms with van der Waals surface area (Å²) in [6, 6.07) is 9.45. The van der Waals surface area contributed by atoms with Gasteiger partial charge >= 0.3 is 0 Å². The van der Waals surface area contributed by atoms with E-state index in [-0.39, 0.29) is 0 Å². The number of unbranched alkanes of at least 4 members (excludes halogenated alkanes) is 2. The Morgan fingerprint density at radius 1 is 1.20 bits per heavy atom. The number of amidine groups is 1. The van der Waals surface area contributed by atoms with Crippen LogP contribution in [0.4, 0.5) is 5.69 Å². The predicted molar refractivity (Wildman–Crippen MR) is 63.5 cm³/mol. The van der Waals surface area contributed by atoms with Crippen LogP contribution in [0.1, 0.15) is 32.6 Å². The van der Waals surface area contributed by atoms with Gasteiger partial charge in [0.2, 0.25) is 0 Å². The van der Waals surface area contributed by atoms with Crippen molar-refractivity contribution in [3.05, 3.63) is 35.2 Å². The number of hydrogen-bond acceptors (Lipinski definition) is 2. The van der Waals surface area contributed by atoms with Crippen molar-refractivity contribution in [3.8, 4) is 0 Å². The van der Waals surface area contributed by atoms with Crippen molar-refractivity contribution in [2.75, 3.05) is 0 Å². The van der Waals surface area contributed by atoms with E-state index in [0.29, 0.717) is 12.3 Å². The molecule has 0 saturated heterocycles. The fourth-order valence-corrected chi connectivity index (χ4v) is 1.31. The molecule has 3 nitrogen and oxygen atoms in total. The first-order valence-electron chi connectivity index (χ1n) is 5.32. The van der Waals surface area contributed by atoms with Crippen molar-refractivity contribution < 1.29 is 0 Å². The van der Waals surface area contributed by atoms with E-state index in [9.17, 15) is 4.91 Å². The van der Waals surface area contributed by atoms with Gasteiger partial charge in [-0.2, -0.15) is 0 Å². The maximum absolute atomic E-state index is 10.5. The van der Waals surface area contributed by atoms with Gasteiger partial charge in [0.25, 0.3) is 0 Å². The molecule has 1 aromatic carbocycles. The molecule has 0 bridgehead atoms. The topological polar surface area (TPSA) is 41.8 Å². The Balaban J connectivity index is 2.58. The monoisotopic (exact) mass is 204 g/mol. The molecule has 1 aromatic rings. The zero-order chi connectivity index (χ0) is 10.9. The van der Waals surface area contributed by atoms with Crippen LogP contribution < -0.4 is 0 Å². The minimum Gasteiger partial charge on any atom is -0.230 e. The second-order valence-electron chi connectivity index (χ2n) is 3.41. The summed E-state index contributed by atoms with van der Waals surface area (Å²) in [6.07, 6.45) is 3.90. The highest BCUT2D eigenvalue weighted by Gasteiger charge is 1.99. The van der Waals surface area contributed by atoms with E-state index in [2.05, 4.69) is 17.1 Å². The van der Waals surface area contributed by atoms with Crippen molar-refractivity contribution in [3.63, 3.8) is 0 Å². The van der Waals surface area contributed by atoms with Crippen molar-refractivity contribution in [1.82, 2.24) is 0 Å². The zero-order valence-electron chi connectivity index (χ0n) is 9.02. The third kappa shape index (κ3) is 4.49. The van der Waals surface area contributed by atoms with Crippen LogP contribution in [0.2, 0.25) is 0 Å². The molecule has 0 spiro atoms. The van der Waals surface area contributed by atoms with Crippen LogP contribution in [0.25, 0.3) is 0 Å². The standard InChI is InChI=1S/C12H16N2O/c1-2-3-5-10-12(14-15)13-11-8-6-4-7-9-11/h4,6-9H,2-3,5,10H2,1H3. The summed E-state index contributed by atoms with van der Waals surface area (Å²) < 4.78 is 0. The van der Waals surface area contributed by atoms with Crippen LogP contribution in [-0.2, 0) is 0 Å². The van der Waals surface area contributed by atoms with Gasteiger partial charge in [-0.15, -0.1) is 4.91 Å². The Morgan fingerprint density at radius 2 is 1.93 bits per heavy atom. The summed E-state index contributed by atoms with van der Waals surface area (Å²) in [6.45, 7) is 2.13. The molecule has 0 atom stereocenters. The third-order valence-corrected chi connectivity index (χ3v) is 2.12. The van der Waals surface area contributed by atoms with Crippen LogP contribution in [-0.4, -0.2) is 5.84 Å². The van der Waals surface area contributed by atoms with Crippen molar-refractivity contribution >= 4 is 11.5 Å². The molecule has 1 rings (SSSR count). The Hall–Kier alpha value is -1.51. The van der Waals surface area contributed by atoms with E-state index in [0.717, 1.165) is 24.9 Å². The SMILES string of the molecule is CCCCCC(N=O)=Nc1ccccc1. The molecule has 0 fully saturated rings. The van der Waals surface area contributed by atoms with Gasteiger partial charge < -0.3 is 0 Å². The molecule has 0 aromatic heterocycles. The summed E-state index contributed by atoms with van der Waals surface area (Å²) >= 11 is 0. The molecule has 0 N–H and O–H groups in total. The molecular formula is C12H16N2O. The van der Waals surface area contributed by atoms with E-state index >= 15 is 0 Å². The fourth-order valence-electron chi connectivity index (χ4n) is 1.31. The van der Waals surface area contributed by atoms with Gasteiger partial charge in [-0.25, -0.2) is 4.99 Å². The second kappa shape index (κ2) is 6.87. The summed E-state index contributed by atoms with van der Waals surface area (Å²) in [7, 11) is 0. The quantitative estimate of drug-likeness (QED) is 0.308. The second-order valence-corrected chi connectivity index (χ2v) is 3.41. The van der Waals surface area contributed by atoms with Gasteiger partial charge in [0.1, 0.15) is 0 Å². The fraction of sp³-hybridized carbons (Fsp3) is 0.417. The lowest BCUT2D eigenvalue weighted by atomic mass is 10.2. The molecule has 0 radical (unpaired) electrons. The van der Waals surface area contributed by atoms with Gasteiger partial charge in [-0.3, -0.25) is 0 Å². The van der Waals surface area contributed by atoms with Crippen molar-refractivity contribution in [2.45, 2.75) is 32.6 Å². The first-order chi connectivity index (χ1) is 7.36. The number of hydrogen-bond donors (Lipinski definition) is 0. The van der Waals surface area contributed by atoms with Gasteiger partial charge in [-0.1, -0.05) is 38.0 Å². The largest absolute Gasteiger partial charge is 0.230 e. The Kier molecular flexibility index (Phi) is 5.30. The number of aliphatic imine (C=N–C) groups is 1. The number of rotatable bonds is 5. The molecule has 0 aliphatic rings. The maximum Gasteiger partial charge on any atom is 0.173 e. The van der Waals surface area contributed by atoms with E-state index < -0.39 is 0 Å². The van der Waals surface area contributed by atoms with Gasteiger partial charge in [0.05, 0.1) is 5.69 Å². The van der Waals surface area contributed by atoms with Gasteiger partial charge in [0.15, 0.2) is 5.84 Å². The Bertz CT molecular complexity index is 320. The Morgan fingerprint density at radius 3 is 2.53 bits per heavy atom. The average Bonchev–Trinajstić information content (AvgIpc) is 2.29. The molecule has 3 heteroatoms. The third-order valence-electron chi connectivity index (χ3n) is 2.12. The smallest absolute Gasteiger partial charge is 0.173 e. The van der Waals surface area contributed by atoms with Crippen LogP contribution >= 0.6 is 0 Å². The van der Waals surface area contributed by atoms with E-state index in [1.165, 1.54) is 0 Å². The molecular weight excluding hydrogens is 188 g/mol.